The predicted molar refractivity (Wildman–Crippen MR) is 82.9 cm³/mol. The first-order valence-corrected chi connectivity index (χ1v) is 7.29. The lowest BCUT2D eigenvalue weighted by atomic mass is 10.1. The lowest BCUT2D eigenvalue weighted by Crippen LogP contribution is -2.05. The number of carboxylic acids is 1. The van der Waals surface area contributed by atoms with Crippen LogP contribution in [-0.2, 0) is 6.54 Å². The molecule has 0 atom stereocenters. The number of hydrogen-bond acceptors (Lipinski definition) is 5. The highest BCUT2D eigenvalue weighted by Crippen LogP contribution is 2.25. The molecule has 2 aromatic heterocycles. The summed E-state index contributed by atoms with van der Waals surface area (Å²) in [6, 6.07) is 7.35. The van der Waals surface area contributed by atoms with Crippen LogP contribution in [0.4, 0.5) is 5.82 Å². The largest absolute Gasteiger partial charge is 0.478 e. The Morgan fingerprint density at radius 1 is 1.33 bits per heavy atom. The Labute approximate surface area is 125 Å². The van der Waals surface area contributed by atoms with Crippen molar-refractivity contribution in [3.8, 4) is 0 Å². The molecule has 0 saturated heterocycles. The third-order valence-electron chi connectivity index (χ3n) is 3.10. The number of aromatic carboxylic acids is 1. The zero-order valence-electron chi connectivity index (χ0n) is 11.3. The molecule has 21 heavy (non-hydrogen) atoms. The van der Waals surface area contributed by atoms with Crippen molar-refractivity contribution >= 4 is 33.9 Å². The molecule has 0 amide bonds. The molecule has 2 heterocycles. The van der Waals surface area contributed by atoms with Gasteiger partial charge in [-0.25, -0.2) is 14.8 Å². The average molecular weight is 299 g/mol. The Kier molecular flexibility index (Phi) is 3.53. The van der Waals surface area contributed by atoms with Crippen molar-refractivity contribution in [1.29, 1.82) is 0 Å². The second-order valence-corrected chi connectivity index (χ2v) is 5.55. The summed E-state index contributed by atoms with van der Waals surface area (Å²) >= 11 is 1.59. The van der Waals surface area contributed by atoms with Gasteiger partial charge in [0.15, 0.2) is 0 Å². The van der Waals surface area contributed by atoms with E-state index in [-0.39, 0.29) is 5.56 Å². The first kappa shape index (κ1) is 13.5. The molecule has 3 rings (SSSR count). The van der Waals surface area contributed by atoms with Crippen LogP contribution >= 0.6 is 11.3 Å². The summed E-state index contributed by atoms with van der Waals surface area (Å²) in [5.74, 6) is -0.302. The molecular formula is C15H13N3O2S. The lowest BCUT2D eigenvalue weighted by molar-refractivity contribution is 0.0698. The van der Waals surface area contributed by atoms with Crippen molar-refractivity contribution < 1.29 is 9.90 Å². The molecule has 0 aliphatic carbocycles. The number of nitrogens with one attached hydrogen (secondary N) is 1. The van der Waals surface area contributed by atoms with Crippen LogP contribution in [0.25, 0.3) is 10.8 Å². The average Bonchev–Trinajstić information content (AvgIpc) is 2.90. The number of anilines is 1. The molecule has 6 heteroatoms. The summed E-state index contributed by atoms with van der Waals surface area (Å²) in [6.07, 6.45) is 1.39. The van der Waals surface area contributed by atoms with Crippen LogP contribution in [0, 0.1) is 6.92 Å². The van der Waals surface area contributed by atoms with Gasteiger partial charge in [0.05, 0.1) is 12.1 Å². The third-order valence-corrected chi connectivity index (χ3v) is 4.07. The van der Waals surface area contributed by atoms with E-state index in [9.17, 15) is 9.90 Å². The van der Waals surface area contributed by atoms with E-state index < -0.39 is 5.97 Å². The summed E-state index contributed by atoms with van der Waals surface area (Å²) in [6.45, 7) is 2.53. The predicted octanol–water partition coefficient (Wildman–Crippen LogP) is 3.31. The second kappa shape index (κ2) is 5.49. The molecule has 1 aromatic carbocycles. The van der Waals surface area contributed by atoms with Crippen LogP contribution in [0.2, 0.25) is 0 Å². The molecule has 106 valence electrons. The molecular weight excluding hydrogens is 286 g/mol. The molecule has 0 unspecified atom stereocenters. The fraction of sp³-hybridized carbons (Fsp3) is 0.133. The van der Waals surface area contributed by atoms with Gasteiger partial charge in [-0.15, -0.1) is 11.3 Å². The number of carboxylic acid groups (broad SMARTS) is 1. The SMILES string of the molecule is Cc1csc(CNc2ncc(C(=O)O)c3ccccc23)n1. The minimum atomic E-state index is -0.971. The van der Waals surface area contributed by atoms with Crippen LogP contribution in [0.1, 0.15) is 21.1 Å². The zero-order chi connectivity index (χ0) is 14.8. The van der Waals surface area contributed by atoms with E-state index in [0.29, 0.717) is 17.7 Å². The van der Waals surface area contributed by atoms with Crippen molar-refractivity contribution in [2.45, 2.75) is 13.5 Å². The maximum Gasteiger partial charge on any atom is 0.337 e. The normalized spacial score (nSPS) is 10.7. The van der Waals surface area contributed by atoms with Gasteiger partial charge in [0, 0.05) is 28.0 Å². The van der Waals surface area contributed by atoms with Crippen molar-refractivity contribution in [2.24, 2.45) is 0 Å². The van der Waals surface area contributed by atoms with Crippen molar-refractivity contribution in [1.82, 2.24) is 9.97 Å². The van der Waals surface area contributed by atoms with E-state index in [1.807, 2.05) is 30.5 Å². The molecule has 0 radical (unpaired) electrons. The molecule has 0 saturated carbocycles. The highest BCUT2D eigenvalue weighted by atomic mass is 32.1. The van der Waals surface area contributed by atoms with Gasteiger partial charge in [0.1, 0.15) is 10.8 Å². The number of carbonyl (C=O) groups is 1. The van der Waals surface area contributed by atoms with Gasteiger partial charge in [0.2, 0.25) is 0 Å². The lowest BCUT2D eigenvalue weighted by Gasteiger charge is -2.09. The van der Waals surface area contributed by atoms with Gasteiger partial charge < -0.3 is 10.4 Å². The summed E-state index contributed by atoms with van der Waals surface area (Å²) in [5, 5.41) is 16.9. The van der Waals surface area contributed by atoms with Crippen LogP contribution < -0.4 is 5.32 Å². The molecule has 0 aliphatic heterocycles. The molecule has 0 aliphatic rings. The quantitative estimate of drug-likeness (QED) is 0.773. The number of hydrogen-bond donors (Lipinski definition) is 2. The van der Waals surface area contributed by atoms with E-state index in [2.05, 4.69) is 15.3 Å². The van der Waals surface area contributed by atoms with E-state index in [4.69, 9.17) is 0 Å². The number of rotatable bonds is 4. The molecule has 0 fully saturated rings. The highest BCUT2D eigenvalue weighted by molar-refractivity contribution is 7.09. The molecule has 2 N–H and O–H groups in total. The van der Waals surface area contributed by atoms with Crippen molar-refractivity contribution in [2.75, 3.05) is 5.32 Å². The van der Waals surface area contributed by atoms with Crippen molar-refractivity contribution in [3.05, 3.63) is 52.1 Å². The number of benzene rings is 1. The minimum absolute atomic E-state index is 0.209. The Morgan fingerprint density at radius 2 is 2.10 bits per heavy atom. The Balaban J connectivity index is 1.96. The number of fused-ring (bicyclic) bond motifs is 1. The summed E-state index contributed by atoms with van der Waals surface area (Å²) in [5.41, 5.74) is 1.21. The number of pyridine rings is 1. The van der Waals surface area contributed by atoms with Crippen molar-refractivity contribution in [3.63, 3.8) is 0 Å². The Hall–Kier alpha value is -2.47. The maximum absolute atomic E-state index is 11.2. The van der Waals surface area contributed by atoms with Gasteiger partial charge in [-0.3, -0.25) is 0 Å². The van der Waals surface area contributed by atoms with Gasteiger partial charge in [-0.2, -0.15) is 0 Å². The Morgan fingerprint density at radius 3 is 2.76 bits per heavy atom. The number of aryl methyl sites for hydroxylation is 1. The molecule has 0 spiro atoms. The number of nitrogens with zero attached hydrogens (tertiary/aromatic N) is 2. The topological polar surface area (TPSA) is 75.1 Å². The van der Waals surface area contributed by atoms with Gasteiger partial charge in [-0.1, -0.05) is 24.3 Å². The van der Waals surface area contributed by atoms with E-state index in [0.717, 1.165) is 16.1 Å². The fourth-order valence-corrected chi connectivity index (χ4v) is 2.86. The van der Waals surface area contributed by atoms with Gasteiger partial charge in [-0.05, 0) is 6.92 Å². The summed E-state index contributed by atoms with van der Waals surface area (Å²) in [7, 11) is 0. The summed E-state index contributed by atoms with van der Waals surface area (Å²) in [4.78, 5) is 19.9. The zero-order valence-corrected chi connectivity index (χ0v) is 12.1. The molecule has 0 bridgehead atoms. The first-order valence-electron chi connectivity index (χ1n) is 6.41. The summed E-state index contributed by atoms with van der Waals surface area (Å²) < 4.78 is 0. The number of thiazole rings is 1. The van der Waals surface area contributed by atoms with Crippen LogP contribution in [-0.4, -0.2) is 21.0 Å². The maximum atomic E-state index is 11.2. The van der Waals surface area contributed by atoms with Gasteiger partial charge in [0.25, 0.3) is 0 Å². The monoisotopic (exact) mass is 299 g/mol. The standard InChI is InChI=1S/C15H13N3O2S/c1-9-8-21-13(18-9)7-17-14-11-5-3-2-4-10(11)12(6-16-14)15(19)20/h2-6,8H,7H2,1H3,(H,16,17)(H,19,20). The van der Waals surface area contributed by atoms with Crippen LogP contribution in [0.5, 0.6) is 0 Å². The van der Waals surface area contributed by atoms with E-state index >= 15 is 0 Å². The highest BCUT2D eigenvalue weighted by Gasteiger charge is 2.12. The van der Waals surface area contributed by atoms with E-state index in [1.165, 1.54) is 6.20 Å². The fourth-order valence-electron chi connectivity index (χ4n) is 2.15. The van der Waals surface area contributed by atoms with Crippen LogP contribution in [0.15, 0.2) is 35.8 Å². The minimum Gasteiger partial charge on any atom is -0.478 e. The second-order valence-electron chi connectivity index (χ2n) is 4.61. The molecule has 5 nitrogen and oxygen atoms in total. The smallest absolute Gasteiger partial charge is 0.337 e. The third kappa shape index (κ3) is 2.71. The van der Waals surface area contributed by atoms with E-state index in [1.54, 1.807) is 17.4 Å². The molecule has 3 aromatic rings. The van der Waals surface area contributed by atoms with Crippen LogP contribution in [0.3, 0.4) is 0 Å². The first-order chi connectivity index (χ1) is 10.1. The van der Waals surface area contributed by atoms with Gasteiger partial charge >= 0.3 is 5.97 Å². The number of aromatic nitrogens is 2. The Bertz CT molecular complexity index is 814.